The van der Waals surface area contributed by atoms with Crippen LogP contribution in [0.1, 0.15) is 25.6 Å². The molecule has 2 aliphatic heterocycles. The van der Waals surface area contributed by atoms with E-state index in [2.05, 4.69) is 4.98 Å². The fourth-order valence-corrected chi connectivity index (χ4v) is 3.43. The average Bonchev–Trinajstić information content (AvgIpc) is 3.14. The van der Waals surface area contributed by atoms with Crippen molar-refractivity contribution in [3.05, 3.63) is 69.0 Å². The first-order valence-corrected chi connectivity index (χ1v) is 8.87. The maximum Gasteiger partial charge on any atom is 0.338 e. The number of hydrogen-bond acceptors (Lipinski definition) is 7. The molecule has 9 heteroatoms. The van der Waals surface area contributed by atoms with E-state index in [-0.39, 0.29) is 6.61 Å². The molecule has 0 radical (unpaired) electrons. The Hall–Kier alpha value is -2.75. The largest absolute Gasteiger partial charge is 0.459 e. The van der Waals surface area contributed by atoms with Crippen LogP contribution in [0.3, 0.4) is 0 Å². The number of ether oxygens (including phenoxy) is 4. The summed E-state index contributed by atoms with van der Waals surface area (Å²) in [6.45, 7) is 3.51. The summed E-state index contributed by atoms with van der Waals surface area (Å²) in [7, 11) is 0. The highest BCUT2D eigenvalue weighted by molar-refractivity contribution is 5.76. The predicted octanol–water partition coefficient (Wildman–Crippen LogP) is 0.697. The van der Waals surface area contributed by atoms with Gasteiger partial charge in [-0.3, -0.25) is 14.3 Å². The monoisotopic (exact) mass is 388 g/mol. The lowest BCUT2D eigenvalue weighted by Gasteiger charge is -2.24. The van der Waals surface area contributed by atoms with Crippen molar-refractivity contribution in [3.8, 4) is 0 Å². The Kier molecular flexibility index (Phi) is 4.66. The average molecular weight is 388 g/mol. The third kappa shape index (κ3) is 3.51. The van der Waals surface area contributed by atoms with Crippen molar-refractivity contribution in [2.45, 2.75) is 50.8 Å². The highest BCUT2D eigenvalue weighted by Crippen LogP contribution is 2.42. The van der Waals surface area contributed by atoms with Gasteiger partial charge in [-0.1, -0.05) is 30.3 Å². The zero-order valence-corrected chi connectivity index (χ0v) is 15.4. The predicted molar refractivity (Wildman–Crippen MR) is 95.3 cm³/mol. The third-order valence-electron chi connectivity index (χ3n) is 4.61. The Morgan fingerprint density at radius 2 is 1.86 bits per heavy atom. The molecule has 1 aromatic carbocycles. The zero-order valence-electron chi connectivity index (χ0n) is 15.4. The SMILES string of the molecule is CC1(C)O[C@@H]2[C@H](O1)[C@@H](C(=O)OCc1ccccc1)O[C@H]2n1ccc(=O)[nH]c1=O. The van der Waals surface area contributed by atoms with Crippen molar-refractivity contribution in [1.82, 2.24) is 9.55 Å². The zero-order chi connectivity index (χ0) is 19.9. The molecule has 0 aliphatic carbocycles. The van der Waals surface area contributed by atoms with E-state index >= 15 is 0 Å². The number of rotatable bonds is 4. The van der Waals surface area contributed by atoms with Crippen LogP contribution in [0.4, 0.5) is 0 Å². The molecule has 0 amide bonds. The summed E-state index contributed by atoms with van der Waals surface area (Å²) in [5.41, 5.74) is -0.357. The second-order valence-corrected chi connectivity index (χ2v) is 7.12. The van der Waals surface area contributed by atoms with Crippen molar-refractivity contribution in [1.29, 1.82) is 0 Å². The van der Waals surface area contributed by atoms with Crippen molar-refractivity contribution in [2.75, 3.05) is 0 Å². The van der Waals surface area contributed by atoms with Gasteiger partial charge in [0.1, 0.15) is 18.8 Å². The van der Waals surface area contributed by atoms with Gasteiger partial charge in [0.05, 0.1) is 0 Å². The maximum absolute atomic E-state index is 12.7. The minimum Gasteiger partial charge on any atom is -0.459 e. The molecule has 0 spiro atoms. The lowest BCUT2D eigenvalue weighted by atomic mass is 10.1. The topological polar surface area (TPSA) is 109 Å². The van der Waals surface area contributed by atoms with Crippen LogP contribution in [0.15, 0.2) is 52.2 Å². The van der Waals surface area contributed by atoms with Crippen LogP contribution in [0.25, 0.3) is 0 Å². The number of nitrogens with zero attached hydrogens (tertiary/aromatic N) is 1. The molecule has 1 aromatic heterocycles. The smallest absolute Gasteiger partial charge is 0.338 e. The van der Waals surface area contributed by atoms with Gasteiger partial charge >= 0.3 is 11.7 Å². The van der Waals surface area contributed by atoms with Crippen LogP contribution in [-0.2, 0) is 30.3 Å². The first-order chi connectivity index (χ1) is 13.3. The fraction of sp³-hybridized carbons (Fsp3) is 0.421. The van der Waals surface area contributed by atoms with Gasteiger partial charge in [0.25, 0.3) is 5.56 Å². The molecule has 2 saturated heterocycles. The molecule has 2 aliphatic rings. The molecule has 148 valence electrons. The summed E-state index contributed by atoms with van der Waals surface area (Å²) >= 11 is 0. The van der Waals surface area contributed by atoms with Crippen LogP contribution in [0.2, 0.25) is 0 Å². The highest BCUT2D eigenvalue weighted by atomic mass is 16.8. The Balaban J connectivity index is 1.57. The number of esters is 1. The summed E-state index contributed by atoms with van der Waals surface area (Å²) < 4.78 is 24.0. The van der Waals surface area contributed by atoms with Crippen LogP contribution >= 0.6 is 0 Å². The molecule has 28 heavy (non-hydrogen) atoms. The molecule has 0 saturated carbocycles. The standard InChI is InChI=1S/C19H20N2O7/c1-19(2)27-13-14(28-19)16(21-9-8-12(22)20-18(21)24)26-15(13)17(23)25-10-11-6-4-3-5-7-11/h3-9,13-16H,10H2,1-2H3,(H,20,22,24)/t13-,14+,15-,16+/m0/s1. The van der Waals surface area contributed by atoms with Gasteiger partial charge in [-0.2, -0.15) is 0 Å². The van der Waals surface area contributed by atoms with Crippen LogP contribution in [-0.4, -0.2) is 39.6 Å². The second kappa shape index (κ2) is 7.01. The number of aromatic nitrogens is 2. The van der Waals surface area contributed by atoms with Crippen LogP contribution < -0.4 is 11.2 Å². The number of benzene rings is 1. The van der Waals surface area contributed by atoms with E-state index in [0.29, 0.717) is 0 Å². The number of aromatic amines is 1. The molecule has 3 heterocycles. The normalized spacial score (nSPS) is 28.1. The minimum absolute atomic E-state index is 0.0877. The number of hydrogen-bond donors (Lipinski definition) is 1. The van der Waals surface area contributed by atoms with Gasteiger partial charge in [0, 0.05) is 12.3 Å². The first-order valence-electron chi connectivity index (χ1n) is 8.87. The summed E-state index contributed by atoms with van der Waals surface area (Å²) in [6.07, 6.45) is -2.17. The van der Waals surface area contributed by atoms with Crippen molar-refractivity contribution < 1.29 is 23.7 Å². The molecule has 2 fully saturated rings. The van der Waals surface area contributed by atoms with Gasteiger partial charge in [-0.25, -0.2) is 9.59 Å². The van der Waals surface area contributed by atoms with Crippen molar-refractivity contribution in [3.63, 3.8) is 0 Å². The molecular weight excluding hydrogens is 368 g/mol. The van der Waals surface area contributed by atoms with Crippen LogP contribution in [0, 0.1) is 0 Å². The third-order valence-corrected chi connectivity index (χ3v) is 4.61. The first kappa shape index (κ1) is 18.6. The van der Waals surface area contributed by atoms with E-state index in [4.69, 9.17) is 18.9 Å². The fourth-order valence-electron chi connectivity index (χ4n) is 3.43. The number of fused-ring (bicyclic) bond motifs is 1. The molecule has 1 N–H and O–H groups in total. The Labute approximate surface area is 159 Å². The molecule has 4 rings (SSSR count). The van der Waals surface area contributed by atoms with E-state index in [1.165, 1.54) is 16.8 Å². The quantitative estimate of drug-likeness (QED) is 0.768. The van der Waals surface area contributed by atoms with E-state index < -0.39 is 47.5 Å². The molecule has 2 aromatic rings. The second-order valence-electron chi connectivity index (χ2n) is 7.12. The molecular formula is C19H20N2O7. The summed E-state index contributed by atoms with van der Waals surface area (Å²) in [6, 6.07) is 10.4. The molecule has 0 bridgehead atoms. The van der Waals surface area contributed by atoms with Crippen molar-refractivity contribution in [2.24, 2.45) is 0 Å². The molecule has 9 nitrogen and oxygen atoms in total. The van der Waals surface area contributed by atoms with Gasteiger partial charge in [0.2, 0.25) is 0 Å². The number of carbonyl (C=O) groups is 1. The minimum atomic E-state index is -1.07. The number of carbonyl (C=O) groups excluding carboxylic acids is 1. The lowest BCUT2D eigenvalue weighted by Crippen LogP contribution is -2.37. The summed E-state index contributed by atoms with van der Waals surface area (Å²) in [5, 5.41) is 0. The van der Waals surface area contributed by atoms with E-state index in [9.17, 15) is 14.4 Å². The van der Waals surface area contributed by atoms with E-state index in [1.54, 1.807) is 13.8 Å². The highest BCUT2D eigenvalue weighted by Gasteiger charge is 2.58. The molecule has 4 atom stereocenters. The Bertz CT molecular complexity index is 982. The van der Waals surface area contributed by atoms with E-state index in [0.717, 1.165) is 5.56 Å². The van der Waals surface area contributed by atoms with E-state index in [1.807, 2.05) is 30.3 Å². The Morgan fingerprint density at radius 1 is 1.14 bits per heavy atom. The van der Waals surface area contributed by atoms with Gasteiger partial charge < -0.3 is 18.9 Å². The molecule has 0 unspecified atom stereocenters. The van der Waals surface area contributed by atoms with Gasteiger partial charge in [-0.05, 0) is 19.4 Å². The summed E-state index contributed by atoms with van der Waals surface area (Å²) in [4.78, 5) is 38.3. The van der Waals surface area contributed by atoms with Crippen LogP contribution in [0.5, 0.6) is 0 Å². The number of H-pyrrole nitrogens is 1. The lowest BCUT2D eigenvalue weighted by molar-refractivity contribution is -0.205. The Morgan fingerprint density at radius 3 is 2.57 bits per heavy atom. The maximum atomic E-state index is 12.7. The summed E-state index contributed by atoms with van der Waals surface area (Å²) in [5.74, 6) is -1.57. The van der Waals surface area contributed by atoms with Gasteiger partial charge in [-0.15, -0.1) is 0 Å². The van der Waals surface area contributed by atoms with Crippen molar-refractivity contribution >= 4 is 5.97 Å². The van der Waals surface area contributed by atoms with Gasteiger partial charge in [0.15, 0.2) is 18.1 Å². The number of nitrogens with one attached hydrogen (secondary N) is 1.